The predicted octanol–water partition coefficient (Wildman–Crippen LogP) is 9.29. The lowest BCUT2D eigenvalue weighted by atomic mass is 9.78. The first-order valence-electron chi connectivity index (χ1n) is 11.7. The van der Waals surface area contributed by atoms with Crippen LogP contribution in [0.5, 0.6) is 0 Å². The molecule has 4 rings (SSSR count). The summed E-state index contributed by atoms with van der Waals surface area (Å²) >= 11 is 0. The first kappa shape index (κ1) is 24.2. The molecule has 0 unspecified atom stereocenters. The molecule has 0 atom stereocenters. The summed E-state index contributed by atoms with van der Waals surface area (Å²) < 4.78 is 70.5. The minimum absolute atomic E-state index is 0.0436. The van der Waals surface area contributed by atoms with Crippen LogP contribution in [0.25, 0.3) is 22.3 Å². The molecule has 0 aliphatic heterocycles. The maximum absolute atomic E-state index is 15.0. The van der Waals surface area contributed by atoms with Crippen LogP contribution in [-0.2, 0) is 6.67 Å². The van der Waals surface area contributed by atoms with E-state index >= 15 is 4.39 Å². The highest BCUT2D eigenvalue weighted by Crippen LogP contribution is 2.38. The summed E-state index contributed by atoms with van der Waals surface area (Å²) in [4.78, 5) is 0. The number of hydrogen-bond acceptors (Lipinski definition) is 0. The van der Waals surface area contributed by atoms with E-state index in [1.165, 1.54) is 18.2 Å². The zero-order valence-electron chi connectivity index (χ0n) is 19.1. The van der Waals surface area contributed by atoms with E-state index in [9.17, 15) is 17.6 Å². The summed E-state index contributed by atoms with van der Waals surface area (Å²) in [5.41, 5.74) is 0.775. The molecule has 0 bridgehead atoms. The van der Waals surface area contributed by atoms with Gasteiger partial charge in [0.25, 0.3) is 0 Å². The van der Waals surface area contributed by atoms with Crippen LogP contribution in [-0.4, -0.2) is 0 Å². The van der Waals surface area contributed by atoms with Gasteiger partial charge < -0.3 is 0 Å². The monoisotopic (exact) mass is 470 g/mol. The molecule has 1 fully saturated rings. The van der Waals surface area contributed by atoms with Gasteiger partial charge in [-0.2, -0.15) is 0 Å². The zero-order chi connectivity index (χ0) is 24.2. The molecule has 1 aliphatic rings. The molecule has 0 amide bonds. The first-order chi connectivity index (χ1) is 16.4. The molecule has 0 radical (unpaired) electrons. The van der Waals surface area contributed by atoms with Crippen molar-refractivity contribution in [2.45, 2.75) is 51.6 Å². The first-order valence-corrected chi connectivity index (χ1v) is 11.7. The molecular formula is C29H27F5. The van der Waals surface area contributed by atoms with Crippen LogP contribution in [0, 0.1) is 29.2 Å². The molecule has 34 heavy (non-hydrogen) atoms. The number of hydrogen-bond donors (Lipinski definition) is 0. The maximum Gasteiger partial charge on any atom is 0.132 e. The van der Waals surface area contributed by atoms with Crippen LogP contribution in [0.1, 0.15) is 56.1 Å². The molecule has 0 N–H and O–H groups in total. The minimum Gasteiger partial charge on any atom is -0.246 e. The second kappa shape index (κ2) is 10.5. The van der Waals surface area contributed by atoms with E-state index in [2.05, 4.69) is 19.1 Å². The van der Waals surface area contributed by atoms with E-state index in [1.54, 1.807) is 6.07 Å². The molecule has 5 heteroatoms. The SMILES string of the molecule is CC/C=C/C1CCC(c2ccc(-c3ccc(-c4cc(F)c(CF)c(F)c4)c(F)c3)c(F)c2)CC1. The van der Waals surface area contributed by atoms with E-state index in [4.69, 9.17) is 0 Å². The number of alkyl halides is 1. The summed E-state index contributed by atoms with van der Waals surface area (Å²) in [6, 6.07) is 10.9. The van der Waals surface area contributed by atoms with Crippen LogP contribution in [0.4, 0.5) is 22.0 Å². The Kier molecular flexibility index (Phi) is 7.50. The molecule has 1 saturated carbocycles. The van der Waals surface area contributed by atoms with Crippen LogP contribution in [0.3, 0.4) is 0 Å². The summed E-state index contributed by atoms with van der Waals surface area (Å²) in [7, 11) is 0. The highest BCUT2D eigenvalue weighted by molar-refractivity contribution is 5.72. The van der Waals surface area contributed by atoms with Gasteiger partial charge in [0.15, 0.2) is 0 Å². The molecule has 3 aromatic rings. The topological polar surface area (TPSA) is 0 Å². The van der Waals surface area contributed by atoms with Gasteiger partial charge in [0.2, 0.25) is 0 Å². The van der Waals surface area contributed by atoms with Gasteiger partial charge in [0.1, 0.15) is 29.9 Å². The summed E-state index contributed by atoms with van der Waals surface area (Å²) in [6.07, 6.45) is 9.72. The zero-order valence-corrected chi connectivity index (χ0v) is 19.1. The second-order valence-electron chi connectivity index (χ2n) is 8.93. The van der Waals surface area contributed by atoms with Crippen molar-refractivity contribution in [2.75, 3.05) is 0 Å². The molecule has 0 nitrogen and oxygen atoms in total. The van der Waals surface area contributed by atoms with Gasteiger partial charge in [-0.3, -0.25) is 0 Å². The minimum atomic E-state index is -1.29. The van der Waals surface area contributed by atoms with Crippen molar-refractivity contribution in [3.05, 3.63) is 95.1 Å². The van der Waals surface area contributed by atoms with Crippen molar-refractivity contribution in [1.82, 2.24) is 0 Å². The fourth-order valence-corrected chi connectivity index (χ4v) is 4.80. The van der Waals surface area contributed by atoms with Crippen LogP contribution >= 0.6 is 0 Å². The number of halogens is 5. The fraction of sp³-hybridized carbons (Fsp3) is 0.310. The van der Waals surface area contributed by atoms with Crippen LogP contribution < -0.4 is 0 Å². The fourth-order valence-electron chi connectivity index (χ4n) is 4.80. The summed E-state index contributed by atoms with van der Waals surface area (Å²) in [6.45, 7) is 0.836. The van der Waals surface area contributed by atoms with E-state index in [0.29, 0.717) is 17.4 Å². The molecule has 0 spiro atoms. The van der Waals surface area contributed by atoms with Crippen molar-refractivity contribution in [3.8, 4) is 22.3 Å². The Morgan fingerprint density at radius 3 is 1.91 bits per heavy atom. The lowest BCUT2D eigenvalue weighted by molar-refractivity contribution is 0.375. The van der Waals surface area contributed by atoms with Crippen LogP contribution in [0.2, 0.25) is 0 Å². The summed E-state index contributed by atoms with van der Waals surface area (Å²) in [5, 5.41) is 0. The van der Waals surface area contributed by atoms with Crippen molar-refractivity contribution in [1.29, 1.82) is 0 Å². The average Bonchev–Trinajstić information content (AvgIpc) is 2.82. The van der Waals surface area contributed by atoms with Gasteiger partial charge in [-0.05, 0) is 84.9 Å². The van der Waals surface area contributed by atoms with Crippen molar-refractivity contribution in [2.24, 2.45) is 5.92 Å². The Hall–Kier alpha value is -2.95. The van der Waals surface area contributed by atoms with Gasteiger partial charge in [0.05, 0.1) is 5.56 Å². The maximum atomic E-state index is 15.0. The average molecular weight is 471 g/mol. The number of benzene rings is 3. The Morgan fingerprint density at radius 1 is 0.735 bits per heavy atom. The van der Waals surface area contributed by atoms with E-state index in [1.807, 2.05) is 6.07 Å². The molecule has 0 saturated heterocycles. The Balaban J connectivity index is 1.54. The highest BCUT2D eigenvalue weighted by Gasteiger charge is 2.22. The number of rotatable bonds is 6. The van der Waals surface area contributed by atoms with Crippen LogP contribution in [0.15, 0.2) is 60.7 Å². The molecular weight excluding hydrogens is 443 g/mol. The van der Waals surface area contributed by atoms with Gasteiger partial charge in [-0.1, -0.05) is 43.3 Å². The lowest BCUT2D eigenvalue weighted by Gasteiger charge is -2.27. The van der Waals surface area contributed by atoms with Gasteiger partial charge >= 0.3 is 0 Å². The predicted molar refractivity (Wildman–Crippen MR) is 126 cm³/mol. The van der Waals surface area contributed by atoms with Crippen molar-refractivity contribution < 1.29 is 22.0 Å². The Labute approximate surface area is 197 Å². The molecule has 3 aromatic carbocycles. The van der Waals surface area contributed by atoms with E-state index in [-0.39, 0.29) is 16.7 Å². The largest absolute Gasteiger partial charge is 0.246 e. The third-order valence-electron chi connectivity index (χ3n) is 6.75. The van der Waals surface area contributed by atoms with E-state index in [0.717, 1.165) is 55.9 Å². The normalized spacial score (nSPS) is 18.5. The molecule has 0 aromatic heterocycles. The number of allylic oxidation sites excluding steroid dienone is 2. The van der Waals surface area contributed by atoms with Crippen molar-refractivity contribution >= 4 is 0 Å². The van der Waals surface area contributed by atoms with Gasteiger partial charge in [0, 0.05) is 11.1 Å². The Bertz CT molecular complexity index is 1170. The molecule has 1 aliphatic carbocycles. The Morgan fingerprint density at radius 2 is 1.32 bits per heavy atom. The third-order valence-corrected chi connectivity index (χ3v) is 6.75. The highest BCUT2D eigenvalue weighted by atomic mass is 19.2. The molecule has 0 heterocycles. The molecule has 178 valence electrons. The van der Waals surface area contributed by atoms with Crippen molar-refractivity contribution in [3.63, 3.8) is 0 Å². The van der Waals surface area contributed by atoms with E-state index < -0.39 is 35.5 Å². The smallest absolute Gasteiger partial charge is 0.132 e. The van der Waals surface area contributed by atoms with Gasteiger partial charge in [-0.25, -0.2) is 22.0 Å². The second-order valence-corrected chi connectivity index (χ2v) is 8.93. The standard InChI is InChI=1S/C29H27F5/c1-2-3-4-18-5-7-19(8-6-18)20-9-11-23(26(31)13-20)21-10-12-24(27(32)14-21)22-15-28(33)25(17-30)29(34)16-22/h3-4,9-16,18-19H,2,5-8,17H2,1H3/b4-3+. The summed E-state index contributed by atoms with van der Waals surface area (Å²) in [5.74, 6) is -2.41. The lowest BCUT2D eigenvalue weighted by Crippen LogP contribution is -2.12. The van der Waals surface area contributed by atoms with Gasteiger partial charge in [-0.15, -0.1) is 0 Å². The quantitative estimate of drug-likeness (QED) is 0.249. The third kappa shape index (κ3) is 5.08.